The molecule has 0 aliphatic rings. The molecule has 0 radical (unpaired) electrons. The molecular formula is C15H22O2. The fourth-order valence-corrected chi connectivity index (χ4v) is 1.84. The SMILES string of the molecule is CCOC(=O)[C@H](Cc1ccccc1)C(C)(C)C. The van der Waals surface area contributed by atoms with E-state index < -0.39 is 0 Å². The van der Waals surface area contributed by atoms with Crippen molar-refractivity contribution in [1.29, 1.82) is 0 Å². The van der Waals surface area contributed by atoms with Gasteiger partial charge in [-0.3, -0.25) is 4.79 Å². The number of hydrogen-bond donors (Lipinski definition) is 0. The van der Waals surface area contributed by atoms with Gasteiger partial charge in [0, 0.05) is 0 Å². The number of ether oxygens (including phenoxy) is 1. The van der Waals surface area contributed by atoms with Gasteiger partial charge >= 0.3 is 5.97 Å². The van der Waals surface area contributed by atoms with Crippen LogP contribution in [0.1, 0.15) is 33.3 Å². The molecule has 0 saturated carbocycles. The molecule has 0 bridgehead atoms. The number of hydrogen-bond acceptors (Lipinski definition) is 2. The topological polar surface area (TPSA) is 26.3 Å². The Hall–Kier alpha value is -1.31. The molecule has 0 heterocycles. The average molecular weight is 234 g/mol. The Kier molecular flexibility index (Phi) is 4.73. The smallest absolute Gasteiger partial charge is 0.309 e. The van der Waals surface area contributed by atoms with Crippen molar-refractivity contribution >= 4 is 5.97 Å². The van der Waals surface area contributed by atoms with Crippen LogP contribution in [0.4, 0.5) is 0 Å². The van der Waals surface area contributed by atoms with E-state index in [0.717, 1.165) is 6.42 Å². The maximum absolute atomic E-state index is 12.0. The van der Waals surface area contributed by atoms with Gasteiger partial charge in [0.15, 0.2) is 0 Å². The predicted octanol–water partition coefficient (Wildman–Crippen LogP) is 3.45. The molecule has 17 heavy (non-hydrogen) atoms. The minimum absolute atomic E-state index is 0.0813. The van der Waals surface area contributed by atoms with E-state index in [4.69, 9.17) is 4.74 Å². The monoisotopic (exact) mass is 234 g/mol. The molecule has 1 aromatic rings. The highest BCUT2D eigenvalue weighted by Gasteiger charge is 2.32. The first-order chi connectivity index (χ1) is 7.95. The van der Waals surface area contributed by atoms with Crippen molar-refractivity contribution in [2.45, 2.75) is 34.1 Å². The van der Waals surface area contributed by atoms with Gasteiger partial charge in [0.2, 0.25) is 0 Å². The molecule has 1 rings (SSSR count). The van der Waals surface area contributed by atoms with Crippen molar-refractivity contribution < 1.29 is 9.53 Å². The van der Waals surface area contributed by atoms with Crippen LogP contribution in [-0.4, -0.2) is 12.6 Å². The summed E-state index contributed by atoms with van der Waals surface area (Å²) < 4.78 is 5.16. The molecule has 0 aliphatic carbocycles. The van der Waals surface area contributed by atoms with Gasteiger partial charge in [0.25, 0.3) is 0 Å². The molecule has 94 valence electrons. The van der Waals surface area contributed by atoms with Crippen molar-refractivity contribution in [2.24, 2.45) is 11.3 Å². The van der Waals surface area contributed by atoms with Crippen LogP contribution in [-0.2, 0) is 16.0 Å². The van der Waals surface area contributed by atoms with Crippen molar-refractivity contribution in [3.63, 3.8) is 0 Å². The fraction of sp³-hybridized carbons (Fsp3) is 0.533. The second kappa shape index (κ2) is 5.85. The molecule has 0 aliphatic heterocycles. The summed E-state index contributed by atoms with van der Waals surface area (Å²) in [7, 11) is 0. The summed E-state index contributed by atoms with van der Waals surface area (Å²) in [4.78, 5) is 12.0. The Morgan fingerprint density at radius 2 is 1.82 bits per heavy atom. The summed E-state index contributed by atoms with van der Waals surface area (Å²) in [6.45, 7) is 8.53. The van der Waals surface area contributed by atoms with E-state index in [0.29, 0.717) is 6.61 Å². The van der Waals surface area contributed by atoms with Crippen LogP contribution >= 0.6 is 0 Å². The summed E-state index contributed by atoms with van der Waals surface area (Å²) in [6.07, 6.45) is 0.739. The lowest BCUT2D eigenvalue weighted by atomic mass is 9.77. The molecule has 2 heteroatoms. The average Bonchev–Trinajstić information content (AvgIpc) is 2.26. The molecule has 0 unspecified atom stereocenters. The lowest BCUT2D eigenvalue weighted by Gasteiger charge is -2.28. The Morgan fingerprint density at radius 3 is 2.29 bits per heavy atom. The minimum atomic E-state index is -0.0937. The number of esters is 1. The van der Waals surface area contributed by atoms with Gasteiger partial charge < -0.3 is 4.74 Å². The number of benzene rings is 1. The van der Waals surface area contributed by atoms with Crippen LogP contribution in [0.2, 0.25) is 0 Å². The van der Waals surface area contributed by atoms with Crippen LogP contribution < -0.4 is 0 Å². The van der Waals surface area contributed by atoms with Gasteiger partial charge in [-0.15, -0.1) is 0 Å². The van der Waals surface area contributed by atoms with Gasteiger partial charge in [-0.05, 0) is 24.3 Å². The van der Waals surface area contributed by atoms with E-state index in [1.54, 1.807) is 0 Å². The molecular weight excluding hydrogens is 212 g/mol. The van der Waals surface area contributed by atoms with E-state index in [-0.39, 0.29) is 17.3 Å². The lowest BCUT2D eigenvalue weighted by Crippen LogP contribution is -2.32. The number of rotatable bonds is 4. The largest absolute Gasteiger partial charge is 0.466 e. The first-order valence-corrected chi connectivity index (χ1v) is 6.15. The van der Waals surface area contributed by atoms with Crippen LogP contribution in [0, 0.1) is 11.3 Å². The molecule has 0 fully saturated rings. The first-order valence-electron chi connectivity index (χ1n) is 6.15. The number of carbonyl (C=O) groups excluding carboxylic acids is 1. The third kappa shape index (κ3) is 4.22. The first kappa shape index (κ1) is 13.8. The molecule has 1 aromatic carbocycles. The normalized spacial score (nSPS) is 13.2. The summed E-state index contributed by atoms with van der Waals surface area (Å²) in [5.74, 6) is -0.186. The van der Waals surface area contributed by atoms with Gasteiger partial charge in [-0.2, -0.15) is 0 Å². The quantitative estimate of drug-likeness (QED) is 0.746. The third-order valence-electron chi connectivity index (χ3n) is 2.90. The molecule has 0 spiro atoms. The lowest BCUT2D eigenvalue weighted by molar-refractivity contribution is -0.151. The standard InChI is InChI=1S/C15H22O2/c1-5-17-14(16)13(15(2,3)4)11-12-9-7-6-8-10-12/h6-10,13H,5,11H2,1-4H3/t13-/m0/s1. The second-order valence-corrected chi connectivity index (χ2v) is 5.36. The highest BCUT2D eigenvalue weighted by atomic mass is 16.5. The molecule has 1 atom stereocenters. The van der Waals surface area contributed by atoms with Crippen molar-refractivity contribution in [3.05, 3.63) is 35.9 Å². The zero-order valence-corrected chi connectivity index (χ0v) is 11.2. The maximum atomic E-state index is 12.0. The summed E-state index contributed by atoms with van der Waals surface area (Å²) in [6, 6.07) is 10.1. The van der Waals surface area contributed by atoms with E-state index in [1.807, 2.05) is 25.1 Å². The van der Waals surface area contributed by atoms with E-state index in [2.05, 4.69) is 32.9 Å². The molecule has 0 saturated heterocycles. The maximum Gasteiger partial charge on any atom is 0.309 e. The highest BCUT2D eigenvalue weighted by molar-refractivity contribution is 5.73. The molecule has 0 aromatic heterocycles. The van der Waals surface area contributed by atoms with Crippen molar-refractivity contribution in [2.75, 3.05) is 6.61 Å². The highest BCUT2D eigenvalue weighted by Crippen LogP contribution is 2.30. The van der Waals surface area contributed by atoms with Gasteiger partial charge in [0.1, 0.15) is 0 Å². The zero-order chi connectivity index (χ0) is 12.9. The second-order valence-electron chi connectivity index (χ2n) is 5.36. The summed E-state index contributed by atoms with van der Waals surface area (Å²) in [5, 5.41) is 0. The molecule has 2 nitrogen and oxygen atoms in total. The van der Waals surface area contributed by atoms with Crippen LogP contribution in [0.15, 0.2) is 30.3 Å². The van der Waals surface area contributed by atoms with Crippen molar-refractivity contribution in [3.8, 4) is 0 Å². The third-order valence-corrected chi connectivity index (χ3v) is 2.90. The van der Waals surface area contributed by atoms with E-state index in [1.165, 1.54) is 5.56 Å². The Balaban J connectivity index is 2.82. The Bertz CT molecular complexity index is 349. The Labute approximate surface area is 104 Å². The van der Waals surface area contributed by atoms with E-state index >= 15 is 0 Å². The Morgan fingerprint density at radius 1 is 1.24 bits per heavy atom. The van der Waals surface area contributed by atoms with Crippen LogP contribution in [0.3, 0.4) is 0 Å². The molecule has 0 N–H and O–H groups in total. The van der Waals surface area contributed by atoms with Crippen LogP contribution in [0.25, 0.3) is 0 Å². The van der Waals surface area contributed by atoms with Crippen molar-refractivity contribution in [1.82, 2.24) is 0 Å². The fourth-order valence-electron chi connectivity index (χ4n) is 1.84. The van der Waals surface area contributed by atoms with E-state index in [9.17, 15) is 4.79 Å². The summed E-state index contributed by atoms with van der Waals surface area (Å²) in [5.41, 5.74) is 1.10. The van der Waals surface area contributed by atoms with Gasteiger partial charge in [0.05, 0.1) is 12.5 Å². The van der Waals surface area contributed by atoms with Gasteiger partial charge in [-0.25, -0.2) is 0 Å². The van der Waals surface area contributed by atoms with Gasteiger partial charge in [-0.1, -0.05) is 51.1 Å². The zero-order valence-electron chi connectivity index (χ0n) is 11.2. The summed E-state index contributed by atoms with van der Waals surface area (Å²) >= 11 is 0. The minimum Gasteiger partial charge on any atom is -0.466 e. The van der Waals surface area contributed by atoms with Crippen LogP contribution in [0.5, 0.6) is 0 Å². The predicted molar refractivity (Wildman–Crippen MR) is 69.7 cm³/mol. The molecule has 0 amide bonds. The number of carbonyl (C=O) groups is 1.